The summed E-state index contributed by atoms with van der Waals surface area (Å²) >= 11 is 0. The SMILES string of the molecule is N#Cc1ccc(CNc2ccncn2)c(F)c1. The zero-order valence-electron chi connectivity index (χ0n) is 8.89. The summed E-state index contributed by atoms with van der Waals surface area (Å²) < 4.78 is 13.5. The average molecular weight is 228 g/mol. The zero-order valence-corrected chi connectivity index (χ0v) is 8.89. The molecular formula is C12H9FN4. The van der Waals surface area contributed by atoms with E-state index in [1.54, 1.807) is 24.4 Å². The number of hydrogen-bond acceptors (Lipinski definition) is 4. The highest BCUT2D eigenvalue weighted by atomic mass is 19.1. The van der Waals surface area contributed by atoms with Crippen LogP contribution in [0.2, 0.25) is 0 Å². The molecule has 0 aliphatic rings. The zero-order chi connectivity index (χ0) is 12.1. The quantitative estimate of drug-likeness (QED) is 0.873. The molecule has 84 valence electrons. The van der Waals surface area contributed by atoms with Gasteiger partial charge in [0.15, 0.2) is 0 Å². The molecule has 0 fully saturated rings. The highest BCUT2D eigenvalue weighted by Gasteiger charge is 2.03. The number of nitrogens with one attached hydrogen (secondary N) is 1. The maximum Gasteiger partial charge on any atom is 0.129 e. The van der Waals surface area contributed by atoms with Crippen molar-refractivity contribution in [2.24, 2.45) is 0 Å². The van der Waals surface area contributed by atoms with Crippen LogP contribution in [-0.2, 0) is 6.54 Å². The van der Waals surface area contributed by atoms with Crippen LogP contribution in [0, 0.1) is 17.1 Å². The molecular weight excluding hydrogens is 219 g/mol. The van der Waals surface area contributed by atoms with Crippen molar-refractivity contribution >= 4 is 5.82 Å². The summed E-state index contributed by atoms with van der Waals surface area (Å²) in [5.41, 5.74) is 0.802. The second-order valence-corrected chi connectivity index (χ2v) is 3.37. The third kappa shape index (κ3) is 2.75. The molecule has 1 heterocycles. The molecule has 1 N–H and O–H groups in total. The summed E-state index contributed by atoms with van der Waals surface area (Å²) in [5.74, 6) is 0.231. The van der Waals surface area contributed by atoms with Gasteiger partial charge < -0.3 is 5.32 Å². The number of hydrogen-bond donors (Lipinski definition) is 1. The largest absolute Gasteiger partial charge is 0.366 e. The maximum absolute atomic E-state index is 13.5. The van der Waals surface area contributed by atoms with Crippen LogP contribution in [0.1, 0.15) is 11.1 Å². The van der Waals surface area contributed by atoms with Gasteiger partial charge in [0.05, 0.1) is 11.6 Å². The number of aromatic nitrogens is 2. The van der Waals surface area contributed by atoms with Gasteiger partial charge in [-0.25, -0.2) is 14.4 Å². The summed E-state index contributed by atoms with van der Waals surface area (Å²) in [4.78, 5) is 7.74. The number of nitrogens with zero attached hydrogens (tertiary/aromatic N) is 3. The van der Waals surface area contributed by atoms with Crippen molar-refractivity contribution < 1.29 is 4.39 Å². The van der Waals surface area contributed by atoms with Crippen molar-refractivity contribution in [1.29, 1.82) is 5.26 Å². The van der Waals surface area contributed by atoms with E-state index in [4.69, 9.17) is 5.26 Å². The van der Waals surface area contributed by atoms with Crippen LogP contribution in [0.3, 0.4) is 0 Å². The highest BCUT2D eigenvalue weighted by Crippen LogP contribution is 2.11. The molecule has 1 aromatic heterocycles. The Kier molecular flexibility index (Phi) is 3.26. The van der Waals surface area contributed by atoms with Crippen molar-refractivity contribution in [2.45, 2.75) is 6.54 Å². The van der Waals surface area contributed by atoms with Crippen LogP contribution in [-0.4, -0.2) is 9.97 Å². The standard InChI is InChI=1S/C12H9FN4/c13-11-5-9(6-14)1-2-10(11)7-16-12-3-4-15-8-17-12/h1-5,8H,7H2,(H,15,16,17). The minimum atomic E-state index is -0.398. The number of halogens is 1. The molecule has 0 amide bonds. The second-order valence-electron chi connectivity index (χ2n) is 3.37. The first-order chi connectivity index (χ1) is 8.29. The van der Waals surface area contributed by atoms with Crippen molar-refractivity contribution in [3.8, 4) is 6.07 Å². The van der Waals surface area contributed by atoms with Gasteiger partial charge in [-0.15, -0.1) is 0 Å². The Morgan fingerprint density at radius 1 is 1.35 bits per heavy atom. The van der Waals surface area contributed by atoms with Crippen LogP contribution < -0.4 is 5.32 Å². The van der Waals surface area contributed by atoms with Gasteiger partial charge >= 0.3 is 0 Å². The smallest absolute Gasteiger partial charge is 0.129 e. The number of rotatable bonds is 3. The van der Waals surface area contributed by atoms with E-state index >= 15 is 0 Å². The van der Waals surface area contributed by atoms with Crippen molar-refractivity contribution in [2.75, 3.05) is 5.32 Å². The normalized spacial score (nSPS) is 9.65. The van der Waals surface area contributed by atoms with Crippen molar-refractivity contribution in [3.63, 3.8) is 0 Å². The first kappa shape index (κ1) is 11.0. The van der Waals surface area contributed by atoms with Gasteiger partial charge in [0.2, 0.25) is 0 Å². The molecule has 2 aromatic rings. The van der Waals surface area contributed by atoms with Gasteiger partial charge in [-0.3, -0.25) is 0 Å². The topological polar surface area (TPSA) is 61.6 Å². The molecule has 17 heavy (non-hydrogen) atoms. The minimum Gasteiger partial charge on any atom is -0.366 e. The Labute approximate surface area is 97.8 Å². The van der Waals surface area contributed by atoms with E-state index in [-0.39, 0.29) is 0 Å². The van der Waals surface area contributed by atoms with Gasteiger partial charge in [-0.1, -0.05) is 6.07 Å². The lowest BCUT2D eigenvalue weighted by Crippen LogP contribution is -2.03. The van der Waals surface area contributed by atoms with Crippen LogP contribution >= 0.6 is 0 Å². The third-order valence-corrected chi connectivity index (χ3v) is 2.22. The van der Waals surface area contributed by atoms with E-state index in [9.17, 15) is 4.39 Å². The lowest BCUT2D eigenvalue weighted by atomic mass is 10.1. The summed E-state index contributed by atoms with van der Waals surface area (Å²) in [5, 5.41) is 11.6. The highest BCUT2D eigenvalue weighted by molar-refractivity contribution is 5.37. The van der Waals surface area contributed by atoms with Gasteiger partial charge in [-0.05, 0) is 18.2 Å². The first-order valence-electron chi connectivity index (χ1n) is 4.98. The van der Waals surface area contributed by atoms with Crippen LogP contribution in [0.25, 0.3) is 0 Å². The van der Waals surface area contributed by atoms with Gasteiger partial charge in [0.25, 0.3) is 0 Å². The molecule has 4 nitrogen and oxygen atoms in total. The lowest BCUT2D eigenvalue weighted by molar-refractivity contribution is 0.612. The first-order valence-corrected chi connectivity index (χ1v) is 4.98. The number of benzene rings is 1. The Balaban J connectivity index is 2.08. The van der Waals surface area contributed by atoms with Crippen LogP contribution in [0.4, 0.5) is 10.2 Å². The monoisotopic (exact) mass is 228 g/mol. The molecule has 0 spiro atoms. The van der Waals surface area contributed by atoms with E-state index in [1.807, 2.05) is 6.07 Å². The number of anilines is 1. The van der Waals surface area contributed by atoms with E-state index in [1.165, 1.54) is 12.4 Å². The van der Waals surface area contributed by atoms with Gasteiger partial charge in [0.1, 0.15) is 18.0 Å². The second kappa shape index (κ2) is 5.03. The van der Waals surface area contributed by atoms with Gasteiger partial charge in [-0.2, -0.15) is 5.26 Å². The third-order valence-electron chi connectivity index (χ3n) is 2.22. The predicted molar refractivity (Wildman–Crippen MR) is 60.5 cm³/mol. The van der Waals surface area contributed by atoms with Crippen molar-refractivity contribution in [3.05, 3.63) is 53.7 Å². The Morgan fingerprint density at radius 3 is 2.88 bits per heavy atom. The van der Waals surface area contributed by atoms with E-state index in [0.717, 1.165) is 0 Å². The summed E-state index contributed by atoms with van der Waals surface area (Å²) in [6, 6.07) is 7.97. The average Bonchev–Trinajstić information content (AvgIpc) is 2.38. The summed E-state index contributed by atoms with van der Waals surface area (Å²) in [7, 11) is 0. The molecule has 0 radical (unpaired) electrons. The molecule has 0 saturated carbocycles. The molecule has 5 heteroatoms. The van der Waals surface area contributed by atoms with Crippen molar-refractivity contribution in [1.82, 2.24) is 9.97 Å². The molecule has 2 rings (SSSR count). The Morgan fingerprint density at radius 2 is 2.24 bits per heavy atom. The molecule has 0 aliphatic carbocycles. The van der Waals surface area contributed by atoms with Crippen LogP contribution in [0.5, 0.6) is 0 Å². The van der Waals surface area contributed by atoms with E-state index < -0.39 is 5.82 Å². The van der Waals surface area contributed by atoms with E-state index in [2.05, 4.69) is 15.3 Å². The number of nitriles is 1. The fraction of sp³-hybridized carbons (Fsp3) is 0.0833. The Hall–Kier alpha value is -2.48. The predicted octanol–water partition coefficient (Wildman–Crippen LogP) is 2.10. The van der Waals surface area contributed by atoms with Gasteiger partial charge in [0, 0.05) is 18.3 Å². The molecule has 0 bridgehead atoms. The molecule has 0 saturated heterocycles. The Bertz CT molecular complexity index is 548. The maximum atomic E-state index is 13.5. The molecule has 0 unspecified atom stereocenters. The molecule has 0 atom stereocenters. The minimum absolute atomic E-state index is 0.313. The fourth-order valence-electron chi connectivity index (χ4n) is 1.34. The summed E-state index contributed by atoms with van der Waals surface area (Å²) in [6.07, 6.45) is 3.02. The van der Waals surface area contributed by atoms with E-state index in [0.29, 0.717) is 23.5 Å². The summed E-state index contributed by atoms with van der Waals surface area (Å²) in [6.45, 7) is 0.314. The molecule has 1 aromatic carbocycles. The molecule has 0 aliphatic heterocycles. The van der Waals surface area contributed by atoms with Crippen LogP contribution in [0.15, 0.2) is 36.8 Å². The lowest BCUT2D eigenvalue weighted by Gasteiger charge is -2.06. The fourth-order valence-corrected chi connectivity index (χ4v) is 1.34.